The first-order valence-electron chi connectivity index (χ1n) is 7.28. The highest BCUT2D eigenvalue weighted by molar-refractivity contribution is 5.57. The van der Waals surface area contributed by atoms with Gasteiger partial charge in [-0.3, -0.25) is 0 Å². The van der Waals surface area contributed by atoms with Gasteiger partial charge in [0, 0.05) is 18.0 Å². The van der Waals surface area contributed by atoms with E-state index in [1.807, 2.05) is 53.2 Å². The van der Waals surface area contributed by atoms with Gasteiger partial charge in [-0.1, -0.05) is 6.07 Å². The van der Waals surface area contributed by atoms with Crippen molar-refractivity contribution in [1.82, 2.24) is 24.1 Å². The van der Waals surface area contributed by atoms with Crippen LogP contribution in [-0.2, 0) is 6.54 Å². The van der Waals surface area contributed by atoms with Crippen molar-refractivity contribution in [2.24, 2.45) is 0 Å². The Balaban J connectivity index is 1.70. The van der Waals surface area contributed by atoms with Crippen molar-refractivity contribution in [3.05, 3.63) is 66.9 Å². The molecule has 4 rings (SSSR count). The number of hydrogen-bond acceptors (Lipinski definition) is 4. The molecule has 0 N–H and O–H groups in total. The highest BCUT2D eigenvalue weighted by Gasteiger charge is 2.09. The topological polar surface area (TPSA) is 57.2 Å². The van der Waals surface area contributed by atoms with Crippen LogP contribution in [-0.4, -0.2) is 31.3 Å². The number of imidazole rings is 1. The molecule has 0 radical (unpaired) electrons. The van der Waals surface area contributed by atoms with Crippen molar-refractivity contribution in [3.8, 4) is 17.1 Å². The summed E-state index contributed by atoms with van der Waals surface area (Å²) in [5.41, 5.74) is 2.93. The van der Waals surface area contributed by atoms with Gasteiger partial charge in [-0.15, -0.1) is 0 Å². The molecule has 0 aliphatic heterocycles. The van der Waals surface area contributed by atoms with Crippen LogP contribution in [0.2, 0.25) is 0 Å². The second-order valence-electron chi connectivity index (χ2n) is 5.15. The molecule has 6 heteroatoms. The molecule has 3 aromatic heterocycles. The third-order valence-corrected chi connectivity index (χ3v) is 3.78. The largest absolute Gasteiger partial charge is 0.497 e. The summed E-state index contributed by atoms with van der Waals surface area (Å²) in [6.07, 6.45) is 5.34. The summed E-state index contributed by atoms with van der Waals surface area (Å²) in [7, 11) is 1.66. The lowest BCUT2D eigenvalue weighted by molar-refractivity contribution is 0.415. The number of ether oxygens (including phenoxy) is 1. The van der Waals surface area contributed by atoms with E-state index in [1.165, 1.54) is 0 Å². The highest BCUT2D eigenvalue weighted by Crippen LogP contribution is 2.21. The number of rotatable bonds is 4. The molecule has 0 spiro atoms. The number of aromatic nitrogens is 5. The molecule has 4 aromatic rings. The lowest BCUT2D eigenvalue weighted by Gasteiger charge is -2.09. The van der Waals surface area contributed by atoms with Crippen molar-refractivity contribution in [1.29, 1.82) is 0 Å². The van der Waals surface area contributed by atoms with Crippen molar-refractivity contribution in [2.75, 3.05) is 7.11 Å². The smallest absolute Gasteiger partial charge is 0.155 e. The minimum Gasteiger partial charge on any atom is -0.497 e. The average molecular weight is 305 g/mol. The molecule has 0 saturated carbocycles. The van der Waals surface area contributed by atoms with Crippen LogP contribution in [0.15, 0.2) is 61.2 Å². The number of benzene rings is 1. The summed E-state index contributed by atoms with van der Waals surface area (Å²) < 4.78 is 9.15. The van der Waals surface area contributed by atoms with Crippen molar-refractivity contribution < 1.29 is 4.74 Å². The van der Waals surface area contributed by atoms with Gasteiger partial charge in [-0.2, -0.15) is 5.10 Å². The van der Waals surface area contributed by atoms with E-state index in [-0.39, 0.29) is 0 Å². The molecule has 0 atom stereocenters. The molecule has 114 valence electrons. The van der Waals surface area contributed by atoms with E-state index in [4.69, 9.17) is 4.74 Å². The Labute approximate surface area is 133 Å². The van der Waals surface area contributed by atoms with E-state index in [2.05, 4.69) is 19.6 Å². The first-order valence-corrected chi connectivity index (χ1v) is 7.28. The second kappa shape index (κ2) is 5.57. The summed E-state index contributed by atoms with van der Waals surface area (Å²) in [6.45, 7) is 0.669. The van der Waals surface area contributed by atoms with Gasteiger partial charge in [0.1, 0.15) is 17.9 Å². The molecule has 6 nitrogen and oxygen atoms in total. The van der Waals surface area contributed by atoms with Crippen LogP contribution < -0.4 is 4.74 Å². The third-order valence-electron chi connectivity index (χ3n) is 3.78. The molecule has 0 bridgehead atoms. The fourth-order valence-corrected chi connectivity index (χ4v) is 2.63. The van der Waals surface area contributed by atoms with Gasteiger partial charge in [0.05, 0.1) is 19.3 Å². The molecular formula is C17H15N5O. The number of nitrogens with zero attached hydrogens (tertiary/aromatic N) is 5. The quantitative estimate of drug-likeness (QED) is 0.581. The maximum Gasteiger partial charge on any atom is 0.155 e. The summed E-state index contributed by atoms with van der Waals surface area (Å²) >= 11 is 0. The zero-order chi connectivity index (χ0) is 15.6. The Kier molecular flexibility index (Phi) is 3.27. The Bertz CT molecular complexity index is 939. The molecule has 0 fully saturated rings. The fourth-order valence-electron chi connectivity index (χ4n) is 2.63. The second-order valence-corrected chi connectivity index (χ2v) is 5.15. The van der Waals surface area contributed by atoms with E-state index in [9.17, 15) is 0 Å². The van der Waals surface area contributed by atoms with Crippen LogP contribution >= 0.6 is 0 Å². The summed E-state index contributed by atoms with van der Waals surface area (Å²) in [5, 5.41) is 4.28. The molecule has 23 heavy (non-hydrogen) atoms. The minimum atomic E-state index is 0.669. The lowest BCUT2D eigenvalue weighted by atomic mass is 10.2. The summed E-state index contributed by atoms with van der Waals surface area (Å²) in [4.78, 5) is 8.70. The van der Waals surface area contributed by atoms with E-state index in [0.29, 0.717) is 6.54 Å². The normalized spacial score (nSPS) is 11.0. The van der Waals surface area contributed by atoms with E-state index < -0.39 is 0 Å². The highest BCUT2D eigenvalue weighted by atomic mass is 16.5. The standard InChI is InChI=1S/C17H15N5O/c1-23-15-7-5-13(6-8-15)17-18-9-10-21(17)11-14-3-2-4-16-19-12-20-22(14)16/h2-10,12H,11H2,1H3. The molecule has 0 aliphatic carbocycles. The number of methoxy groups -OCH3 is 1. The predicted molar refractivity (Wildman–Crippen MR) is 86.3 cm³/mol. The molecule has 0 aliphatic rings. The van der Waals surface area contributed by atoms with Crippen LogP contribution in [0.3, 0.4) is 0 Å². The van der Waals surface area contributed by atoms with E-state index in [0.717, 1.165) is 28.5 Å². The monoisotopic (exact) mass is 305 g/mol. The molecule has 1 aromatic carbocycles. The number of pyridine rings is 1. The predicted octanol–water partition coefficient (Wildman–Crippen LogP) is 2.65. The maximum atomic E-state index is 5.21. The van der Waals surface area contributed by atoms with Crippen molar-refractivity contribution in [3.63, 3.8) is 0 Å². The van der Waals surface area contributed by atoms with Crippen LogP contribution in [0.4, 0.5) is 0 Å². The van der Waals surface area contributed by atoms with Gasteiger partial charge in [-0.05, 0) is 36.4 Å². The molecule has 0 amide bonds. The Morgan fingerprint density at radius 1 is 1.04 bits per heavy atom. The van der Waals surface area contributed by atoms with Crippen molar-refractivity contribution >= 4 is 5.65 Å². The van der Waals surface area contributed by atoms with Crippen molar-refractivity contribution in [2.45, 2.75) is 6.54 Å². The van der Waals surface area contributed by atoms with Crippen LogP contribution in [0.5, 0.6) is 5.75 Å². The lowest BCUT2D eigenvalue weighted by Crippen LogP contribution is -2.06. The Hall–Kier alpha value is -3.15. The van der Waals surface area contributed by atoms with Gasteiger partial charge in [0.2, 0.25) is 0 Å². The Morgan fingerprint density at radius 3 is 2.74 bits per heavy atom. The number of hydrogen-bond donors (Lipinski definition) is 0. The molecule has 0 saturated heterocycles. The molecule has 0 unspecified atom stereocenters. The molecule has 3 heterocycles. The van der Waals surface area contributed by atoms with Gasteiger partial charge in [0.15, 0.2) is 5.65 Å². The van der Waals surface area contributed by atoms with Gasteiger partial charge in [-0.25, -0.2) is 14.5 Å². The number of fused-ring (bicyclic) bond motifs is 1. The SMILES string of the molecule is COc1ccc(-c2nccn2Cc2cccc3ncnn23)cc1. The summed E-state index contributed by atoms with van der Waals surface area (Å²) in [6, 6.07) is 13.9. The van der Waals surface area contributed by atoms with Gasteiger partial charge in [0.25, 0.3) is 0 Å². The van der Waals surface area contributed by atoms with E-state index >= 15 is 0 Å². The maximum absolute atomic E-state index is 5.21. The van der Waals surface area contributed by atoms with E-state index in [1.54, 1.807) is 19.6 Å². The minimum absolute atomic E-state index is 0.669. The van der Waals surface area contributed by atoms with Crippen LogP contribution in [0, 0.1) is 0 Å². The molecular weight excluding hydrogens is 290 g/mol. The zero-order valence-electron chi connectivity index (χ0n) is 12.6. The zero-order valence-corrected chi connectivity index (χ0v) is 12.6. The Morgan fingerprint density at radius 2 is 1.91 bits per heavy atom. The van der Waals surface area contributed by atoms with Crippen LogP contribution in [0.25, 0.3) is 17.0 Å². The van der Waals surface area contributed by atoms with Gasteiger partial charge < -0.3 is 9.30 Å². The fraction of sp³-hybridized carbons (Fsp3) is 0.118. The van der Waals surface area contributed by atoms with Gasteiger partial charge >= 0.3 is 0 Å². The first kappa shape index (κ1) is 13.5. The third kappa shape index (κ3) is 2.44. The average Bonchev–Trinajstić information content (AvgIpc) is 3.24. The van der Waals surface area contributed by atoms with Crippen LogP contribution in [0.1, 0.15) is 5.69 Å². The summed E-state index contributed by atoms with van der Waals surface area (Å²) in [5.74, 6) is 1.74. The first-order chi connectivity index (χ1) is 11.3.